The molecule has 1 amide bonds. The molecule has 1 unspecified atom stereocenters. The fourth-order valence-corrected chi connectivity index (χ4v) is 8.25. The number of aromatic nitrogens is 1. The van der Waals surface area contributed by atoms with E-state index in [0.717, 1.165) is 28.7 Å². The van der Waals surface area contributed by atoms with Crippen LogP contribution in [-0.2, 0) is 26.1 Å². The Morgan fingerprint density at radius 2 is 2.06 bits per heavy atom. The van der Waals surface area contributed by atoms with E-state index in [1.54, 1.807) is 0 Å². The lowest BCUT2D eigenvalue weighted by Gasteiger charge is -2.31. The lowest BCUT2D eigenvalue weighted by molar-refractivity contribution is -0.122. The third-order valence-electron chi connectivity index (χ3n) is 5.41. The number of halogens is 3. The number of thiophene rings is 1. The van der Waals surface area contributed by atoms with E-state index in [4.69, 9.17) is 16.3 Å². The van der Waals surface area contributed by atoms with Crippen molar-refractivity contribution in [2.45, 2.75) is 43.0 Å². The minimum Gasteiger partial charge on any atom is -0.380 e. The molecule has 184 valence electrons. The average Bonchev–Trinajstić information content (AvgIpc) is 3.38. The second-order valence-electron chi connectivity index (χ2n) is 7.60. The van der Waals surface area contributed by atoms with Crippen molar-refractivity contribution < 1.29 is 26.7 Å². The van der Waals surface area contributed by atoms with Crippen molar-refractivity contribution in [1.82, 2.24) is 8.87 Å². The zero-order valence-corrected chi connectivity index (χ0v) is 21.4. The monoisotopic (exact) mass is 549 g/mol. The van der Waals surface area contributed by atoms with Crippen molar-refractivity contribution in [3.05, 3.63) is 45.0 Å². The maximum absolute atomic E-state index is 14.6. The van der Waals surface area contributed by atoms with Crippen molar-refractivity contribution in [3.8, 4) is 0 Å². The zero-order valence-electron chi connectivity index (χ0n) is 18.2. The number of carbonyl (C=O) groups excluding carboxylic acids is 1. The Hall–Kier alpha value is -1.70. The molecule has 13 heteroatoms. The summed E-state index contributed by atoms with van der Waals surface area (Å²) in [5, 5.41) is 0. The first kappa shape index (κ1) is 25.4. The first-order chi connectivity index (χ1) is 16.2. The largest absolute Gasteiger partial charge is 0.380 e. The Labute approximate surface area is 208 Å². The van der Waals surface area contributed by atoms with Gasteiger partial charge < -0.3 is 9.30 Å². The molecule has 0 radical (unpaired) electrons. The van der Waals surface area contributed by atoms with E-state index < -0.39 is 33.6 Å². The third-order valence-corrected chi connectivity index (χ3v) is 10.0. The molecule has 34 heavy (non-hydrogen) atoms. The van der Waals surface area contributed by atoms with Gasteiger partial charge in [-0.05, 0) is 38.0 Å². The molecule has 0 spiro atoms. The molecule has 0 N–H and O–H groups in total. The molecule has 0 aliphatic carbocycles. The van der Waals surface area contributed by atoms with Crippen LogP contribution in [-0.4, -0.2) is 49.0 Å². The van der Waals surface area contributed by atoms with Crippen LogP contribution in [0.15, 0.2) is 33.5 Å². The second-order valence-corrected chi connectivity index (χ2v) is 12.4. The lowest BCUT2D eigenvalue weighted by Crippen LogP contribution is -2.47. The molecule has 1 aromatic carbocycles. The van der Waals surface area contributed by atoms with E-state index >= 15 is 0 Å². The van der Waals surface area contributed by atoms with Crippen LogP contribution in [0.3, 0.4) is 0 Å². The minimum absolute atomic E-state index is 0.0587. The van der Waals surface area contributed by atoms with Gasteiger partial charge in [0.1, 0.15) is 16.1 Å². The van der Waals surface area contributed by atoms with Crippen LogP contribution in [0, 0.1) is 11.6 Å². The highest BCUT2D eigenvalue weighted by atomic mass is 35.5. The second kappa shape index (κ2) is 10.5. The number of thiazole rings is 1. The van der Waals surface area contributed by atoms with E-state index in [1.165, 1.54) is 27.1 Å². The van der Waals surface area contributed by atoms with Crippen LogP contribution in [0.1, 0.15) is 26.2 Å². The van der Waals surface area contributed by atoms with Crippen LogP contribution in [0.25, 0.3) is 10.2 Å². The minimum atomic E-state index is -3.94. The van der Waals surface area contributed by atoms with Gasteiger partial charge in [-0.3, -0.25) is 4.79 Å². The third kappa shape index (κ3) is 5.12. The molecule has 7 nitrogen and oxygen atoms in total. The normalized spacial score (nSPS) is 18.1. The Morgan fingerprint density at radius 1 is 1.26 bits per heavy atom. The first-order valence-corrected chi connectivity index (χ1v) is 14.1. The summed E-state index contributed by atoms with van der Waals surface area (Å²) < 4.78 is 63.5. The molecule has 2 aromatic heterocycles. The van der Waals surface area contributed by atoms with Crippen molar-refractivity contribution in [3.63, 3.8) is 0 Å². The number of rotatable bonds is 7. The number of sulfonamides is 1. The summed E-state index contributed by atoms with van der Waals surface area (Å²) >= 11 is 7.82. The smallest absolute Gasteiger partial charge is 0.266 e. The average molecular weight is 550 g/mol. The Balaban J connectivity index is 1.75. The summed E-state index contributed by atoms with van der Waals surface area (Å²) in [6.45, 7) is 2.89. The van der Waals surface area contributed by atoms with Crippen molar-refractivity contribution in [2.75, 3.05) is 19.8 Å². The van der Waals surface area contributed by atoms with E-state index in [9.17, 15) is 22.0 Å². The molecule has 0 bridgehead atoms. The molecule has 4 rings (SSSR count). The summed E-state index contributed by atoms with van der Waals surface area (Å²) in [4.78, 5) is 17.6. The lowest BCUT2D eigenvalue weighted by atomic mass is 10.0. The Morgan fingerprint density at radius 3 is 2.76 bits per heavy atom. The van der Waals surface area contributed by atoms with Crippen LogP contribution < -0.4 is 4.80 Å². The fourth-order valence-electron chi connectivity index (χ4n) is 3.88. The van der Waals surface area contributed by atoms with Crippen LogP contribution in [0.4, 0.5) is 8.78 Å². The summed E-state index contributed by atoms with van der Waals surface area (Å²) in [6.07, 6.45) is 1.59. The number of fused-ring (bicyclic) bond motifs is 1. The van der Waals surface area contributed by atoms with Crippen molar-refractivity contribution >= 4 is 60.4 Å². The van der Waals surface area contributed by atoms with Gasteiger partial charge in [-0.1, -0.05) is 29.4 Å². The van der Waals surface area contributed by atoms with Crippen molar-refractivity contribution in [1.29, 1.82) is 0 Å². The Kier molecular flexibility index (Phi) is 7.85. The van der Waals surface area contributed by atoms with Crippen LogP contribution >= 0.6 is 34.3 Å². The number of benzene rings is 1. The van der Waals surface area contributed by atoms with E-state index in [1.807, 2.05) is 6.92 Å². The van der Waals surface area contributed by atoms with Gasteiger partial charge in [-0.2, -0.15) is 9.30 Å². The zero-order chi connectivity index (χ0) is 24.5. The number of carbonyl (C=O) groups is 1. The van der Waals surface area contributed by atoms with E-state index in [2.05, 4.69) is 4.99 Å². The van der Waals surface area contributed by atoms with E-state index in [0.29, 0.717) is 34.9 Å². The highest BCUT2D eigenvalue weighted by Crippen LogP contribution is 2.32. The topological polar surface area (TPSA) is 81.0 Å². The molecule has 1 atom stereocenters. The maximum Gasteiger partial charge on any atom is 0.266 e. The summed E-state index contributed by atoms with van der Waals surface area (Å²) in [6, 6.07) is 3.88. The number of hydrogen-bond acceptors (Lipinski definition) is 6. The standard InChI is InChI=1S/C21H22ClF2N3O4S3/c1-2-31-10-9-26-19-14(24)11-13(23)12-16(19)32-21(26)25-20(28)15-5-3-4-8-27(15)34(29,30)18-7-6-17(22)33-18/h6-7,11-12,15H,2-5,8-10H2,1H3. The number of ether oxygens (including phenoxy) is 1. The molecule has 0 saturated carbocycles. The molecule has 1 aliphatic heterocycles. The van der Waals surface area contributed by atoms with Gasteiger partial charge >= 0.3 is 0 Å². The van der Waals surface area contributed by atoms with Gasteiger partial charge in [0, 0.05) is 25.8 Å². The molecule has 1 aliphatic rings. The SMILES string of the molecule is CCOCCn1c(=NC(=O)C2CCCCN2S(=O)(=O)c2ccc(Cl)s2)sc2cc(F)cc(F)c21. The molecular weight excluding hydrogens is 528 g/mol. The Bertz CT molecular complexity index is 1380. The first-order valence-electron chi connectivity index (χ1n) is 10.6. The number of amides is 1. The summed E-state index contributed by atoms with van der Waals surface area (Å²) in [5.74, 6) is -2.16. The van der Waals surface area contributed by atoms with Crippen molar-refractivity contribution in [2.24, 2.45) is 4.99 Å². The predicted octanol–water partition coefficient (Wildman–Crippen LogP) is 4.40. The van der Waals surface area contributed by atoms with Gasteiger partial charge in [0.05, 0.1) is 21.2 Å². The van der Waals surface area contributed by atoms with Crippen LogP contribution in [0.5, 0.6) is 0 Å². The van der Waals surface area contributed by atoms with Gasteiger partial charge in [0.25, 0.3) is 15.9 Å². The molecule has 1 saturated heterocycles. The highest BCUT2D eigenvalue weighted by Gasteiger charge is 2.38. The highest BCUT2D eigenvalue weighted by molar-refractivity contribution is 7.91. The fraction of sp³-hybridized carbons (Fsp3) is 0.429. The molecular formula is C21H22ClF2N3O4S3. The van der Waals surface area contributed by atoms with Crippen LogP contribution in [0.2, 0.25) is 4.34 Å². The molecule has 3 aromatic rings. The summed E-state index contributed by atoms with van der Waals surface area (Å²) in [7, 11) is -3.94. The maximum atomic E-state index is 14.6. The van der Waals surface area contributed by atoms with Gasteiger partial charge in [-0.25, -0.2) is 17.2 Å². The quantitative estimate of drug-likeness (QED) is 0.409. The number of nitrogens with zero attached hydrogens (tertiary/aromatic N) is 3. The summed E-state index contributed by atoms with van der Waals surface area (Å²) in [5.41, 5.74) is 0.124. The number of hydrogen-bond donors (Lipinski definition) is 0. The predicted molar refractivity (Wildman–Crippen MR) is 128 cm³/mol. The number of piperidine rings is 1. The van der Waals surface area contributed by atoms with Gasteiger partial charge in [0.15, 0.2) is 10.6 Å². The molecule has 1 fully saturated rings. The van der Waals surface area contributed by atoms with Gasteiger partial charge in [-0.15, -0.1) is 11.3 Å². The van der Waals surface area contributed by atoms with E-state index in [-0.39, 0.29) is 34.2 Å². The molecule has 3 heterocycles. The van der Waals surface area contributed by atoms with Gasteiger partial charge in [0.2, 0.25) is 0 Å².